The van der Waals surface area contributed by atoms with Gasteiger partial charge in [-0.3, -0.25) is 14.2 Å². The van der Waals surface area contributed by atoms with Crippen LogP contribution in [0, 0.1) is 0 Å². The lowest BCUT2D eigenvalue weighted by Gasteiger charge is -2.07. The number of hydrogen-bond donors (Lipinski definition) is 2. The average molecular weight is 361 g/mol. The Balaban J connectivity index is 1.30. The average Bonchev–Trinajstić information content (AvgIpc) is 3.11. The van der Waals surface area contributed by atoms with Crippen LogP contribution >= 0.6 is 0 Å². The van der Waals surface area contributed by atoms with Crippen LogP contribution in [0.25, 0.3) is 21.9 Å². The second-order valence-electron chi connectivity index (χ2n) is 6.34. The smallest absolute Gasteiger partial charge is 0.261 e. The Hall–Kier alpha value is -3.48. The molecule has 0 unspecified atom stereocenters. The zero-order valence-electron chi connectivity index (χ0n) is 14.7. The minimum Gasteiger partial charge on any atom is -0.349 e. The summed E-state index contributed by atoms with van der Waals surface area (Å²) >= 11 is 0. The molecular weight excluding hydrogens is 342 g/mol. The van der Waals surface area contributed by atoms with Gasteiger partial charge in [-0.2, -0.15) is 0 Å². The first-order valence-corrected chi connectivity index (χ1v) is 8.85. The number of hydrogen-bond acceptors (Lipinski definition) is 4. The molecule has 0 saturated carbocycles. The monoisotopic (exact) mass is 361 g/mol. The Morgan fingerprint density at radius 3 is 2.70 bits per heavy atom. The van der Waals surface area contributed by atoms with Gasteiger partial charge in [0.05, 0.1) is 34.8 Å². The molecule has 0 aliphatic carbocycles. The molecule has 1 amide bonds. The van der Waals surface area contributed by atoms with Crippen LogP contribution in [0.5, 0.6) is 0 Å². The van der Waals surface area contributed by atoms with E-state index in [0.29, 0.717) is 36.8 Å². The summed E-state index contributed by atoms with van der Waals surface area (Å²) in [4.78, 5) is 36.4. The Bertz CT molecular complexity index is 1130. The number of benzene rings is 2. The zero-order valence-corrected chi connectivity index (χ0v) is 14.7. The molecule has 7 heteroatoms. The van der Waals surface area contributed by atoms with Gasteiger partial charge in [0.15, 0.2) is 0 Å². The first kappa shape index (κ1) is 17.0. The number of aromatic amines is 1. The van der Waals surface area contributed by atoms with Gasteiger partial charge < -0.3 is 10.3 Å². The number of amides is 1. The van der Waals surface area contributed by atoms with E-state index in [2.05, 4.69) is 20.3 Å². The van der Waals surface area contributed by atoms with Crippen molar-refractivity contribution in [3.63, 3.8) is 0 Å². The van der Waals surface area contributed by atoms with Gasteiger partial charge in [0.2, 0.25) is 5.91 Å². The van der Waals surface area contributed by atoms with Gasteiger partial charge in [-0.05, 0) is 30.7 Å². The Kier molecular flexibility index (Phi) is 4.65. The third kappa shape index (κ3) is 3.72. The molecular formula is C20H19N5O2. The van der Waals surface area contributed by atoms with Crippen molar-refractivity contribution in [3.05, 3.63) is 71.0 Å². The standard InChI is InChI=1S/C20H19N5O2/c26-19(21-12-18-23-16-8-3-4-9-17(16)24-18)10-5-11-25-13-22-15-7-2-1-6-14(15)20(25)27/h1-4,6-9,13H,5,10-12H2,(H,21,26)(H,23,24). The normalized spacial score (nSPS) is 11.1. The Labute approximate surface area is 155 Å². The summed E-state index contributed by atoms with van der Waals surface area (Å²) in [5, 5.41) is 3.45. The quantitative estimate of drug-likeness (QED) is 0.551. The molecule has 27 heavy (non-hydrogen) atoms. The van der Waals surface area contributed by atoms with E-state index in [0.717, 1.165) is 16.9 Å². The van der Waals surface area contributed by atoms with E-state index < -0.39 is 0 Å². The predicted octanol–water partition coefficient (Wildman–Crippen LogP) is 2.37. The number of imidazole rings is 1. The maximum atomic E-state index is 12.4. The second-order valence-corrected chi connectivity index (χ2v) is 6.34. The summed E-state index contributed by atoms with van der Waals surface area (Å²) in [6.45, 7) is 0.805. The van der Waals surface area contributed by atoms with Gasteiger partial charge in [-0.15, -0.1) is 0 Å². The van der Waals surface area contributed by atoms with Crippen molar-refractivity contribution in [2.75, 3.05) is 0 Å². The lowest BCUT2D eigenvalue weighted by molar-refractivity contribution is -0.121. The van der Waals surface area contributed by atoms with E-state index in [9.17, 15) is 9.59 Å². The number of fused-ring (bicyclic) bond motifs is 2. The van der Waals surface area contributed by atoms with E-state index in [1.165, 1.54) is 6.33 Å². The third-order valence-electron chi connectivity index (χ3n) is 4.43. The molecule has 0 saturated heterocycles. The minimum atomic E-state index is -0.0803. The first-order valence-electron chi connectivity index (χ1n) is 8.85. The van der Waals surface area contributed by atoms with E-state index in [-0.39, 0.29) is 11.5 Å². The lowest BCUT2D eigenvalue weighted by atomic mass is 10.2. The highest BCUT2D eigenvalue weighted by Gasteiger charge is 2.07. The van der Waals surface area contributed by atoms with Gasteiger partial charge in [-0.1, -0.05) is 24.3 Å². The van der Waals surface area contributed by atoms with Crippen molar-refractivity contribution in [3.8, 4) is 0 Å². The lowest BCUT2D eigenvalue weighted by Crippen LogP contribution is -2.25. The van der Waals surface area contributed by atoms with Crippen LogP contribution < -0.4 is 10.9 Å². The van der Waals surface area contributed by atoms with Crippen LogP contribution in [0.4, 0.5) is 0 Å². The molecule has 0 bridgehead atoms. The molecule has 4 aromatic rings. The van der Waals surface area contributed by atoms with Gasteiger partial charge in [-0.25, -0.2) is 9.97 Å². The fourth-order valence-corrected chi connectivity index (χ4v) is 3.04. The SMILES string of the molecule is O=C(CCCn1cnc2ccccc2c1=O)NCc1nc2ccccc2[nH]1. The summed E-state index contributed by atoms with van der Waals surface area (Å²) < 4.78 is 1.55. The molecule has 0 spiro atoms. The molecule has 7 nitrogen and oxygen atoms in total. The molecule has 2 N–H and O–H groups in total. The summed E-state index contributed by atoms with van der Waals surface area (Å²) in [5.74, 6) is 0.650. The Morgan fingerprint density at radius 1 is 1.07 bits per heavy atom. The highest BCUT2D eigenvalue weighted by atomic mass is 16.1. The van der Waals surface area contributed by atoms with E-state index in [1.807, 2.05) is 42.5 Å². The molecule has 0 aliphatic rings. The maximum Gasteiger partial charge on any atom is 0.261 e. The molecule has 4 rings (SSSR count). The van der Waals surface area contributed by atoms with Crippen LogP contribution in [-0.4, -0.2) is 25.4 Å². The van der Waals surface area contributed by atoms with Crippen molar-refractivity contribution >= 4 is 27.8 Å². The van der Waals surface area contributed by atoms with Crippen molar-refractivity contribution in [1.29, 1.82) is 0 Å². The van der Waals surface area contributed by atoms with Crippen LogP contribution in [0.3, 0.4) is 0 Å². The number of H-pyrrole nitrogens is 1. The topological polar surface area (TPSA) is 92.7 Å². The van der Waals surface area contributed by atoms with E-state index >= 15 is 0 Å². The molecule has 2 aromatic heterocycles. The number of nitrogens with one attached hydrogen (secondary N) is 2. The van der Waals surface area contributed by atoms with Crippen molar-refractivity contribution in [1.82, 2.24) is 24.8 Å². The number of carbonyl (C=O) groups is 1. The third-order valence-corrected chi connectivity index (χ3v) is 4.43. The maximum absolute atomic E-state index is 12.4. The van der Waals surface area contributed by atoms with E-state index in [4.69, 9.17) is 0 Å². The first-order chi connectivity index (χ1) is 13.2. The molecule has 2 aromatic carbocycles. The summed E-state index contributed by atoms with van der Waals surface area (Å²) in [6.07, 6.45) is 2.43. The number of para-hydroxylation sites is 3. The number of nitrogens with zero attached hydrogens (tertiary/aromatic N) is 3. The minimum absolute atomic E-state index is 0.0720. The highest BCUT2D eigenvalue weighted by molar-refractivity contribution is 5.77. The van der Waals surface area contributed by atoms with Crippen LogP contribution in [0.2, 0.25) is 0 Å². The molecule has 136 valence electrons. The Morgan fingerprint density at radius 2 is 1.85 bits per heavy atom. The molecule has 0 atom stereocenters. The van der Waals surface area contributed by atoms with Crippen LogP contribution in [0.1, 0.15) is 18.7 Å². The van der Waals surface area contributed by atoms with Gasteiger partial charge in [0, 0.05) is 13.0 Å². The number of aryl methyl sites for hydroxylation is 1. The highest BCUT2D eigenvalue weighted by Crippen LogP contribution is 2.10. The largest absolute Gasteiger partial charge is 0.349 e. The summed E-state index contributed by atoms with van der Waals surface area (Å²) in [5.41, 5.74) is 2.43. The molecule has 0 aliphatic heterocycles. The van der Waals surface area contributed by atoms with Crippen molar-refractivity contribution < 1.29 is 4.79 Å². The van der Waals surface area contributed by atoms with Crippen LogP contribution in [0.15, 0.2) is 59.7 Å². The number of carbonyl (C=O) groups excluding carboxylic acids is 1. The molecule has 0 fully saturated rings. The van der Waals surface area contributed by atoms with E-state index in [1.54, 1.807) is 10.6 Å². The predicted molar refractivity (Wildman–Crippen MR) is 103 cm³/mol. The summed E-state index contributed by atoms with van der Waals surface area (Å²) in [6, 6.07) is 15.0. The van der Waals surface area contributed by atoms with Gasteiger partial charge >= 0.3 is 0 Å². The molecule has 2 heterocycles. The van der Waals surface area contributed by atoms with Crippen molar-refractivity contribution in [2.24, 2.45) is 0 Å². The van der Waals surface area contributed by atoms with Gasteiger partial charge in [0.1, 0.15) is 5.82 Å². The zero-order chi connectivity index (χ0) is 18.6. The van der Waals surface area contributed by atoms with Gasteiger partial charge in [0.25, 0.3) is 5.56 Å². The van der Waals surface area contributed by atoms with Crippen molar-refractivity contribution in [2.45, 2.75) is 25.9 Å². The molecule has 0 radical (unpaired) electrons. The fourth-order valence-electron chi connectivity index (χ4n) is 3.04. The second kappa shape index (κ2) is 7.41. The number of aromatic nitrogens is 4. The number of rotatable bonds is 6. The fraction of sp³-hybridized carbons (Fsp3) is 0.200. The van der Waals surface area contributed by atoms with Crippen LogP contribution in [-0.2, 0) is 17.9 Å². The summed E-state index contributed by atoms with van der Waals surface area (Å²) in [7, 11) is 0.